The van der Waals surface area contributed by atoms with Crippen molar-refractivity contribution in [2.24, 2.45) is 4.99 Å². The zero-order valence-corrected chi connectivity index (χ0v) is 15.0. The molecule has 0 fully saturated rings. The largest absolute Gasteiger partial charge is 0.309 e. The van der Waals surface area contributed by atoms with Crippen molar-refractivity contribution in [2.45, 2.75) is 13.5 Å². The van der Waals surface area contributed by atoms with Gasteiger partial charge in [0.2, 0.25) is 0 Å². The highest BCUT2D eigenvalue weighted by Crippen LogP contribution is 2.17. The normalized spacial score (nSPS) is 12.2. The Morgan fingerprint density at radius 1 is 1.12 bits per heavy atom. The van der Waals surface area contributed by atoms with Crippen LogP contribution in [-0.4, -0.2) is 36.0 Å². The first-order valence-corrected chi connectivity index (χ1v) is 8.70. The molecule has 0 spiro atoms. The number of carbonyl (C=O) groups is 1. The number of rotatable bonds is 5. The van der Waals surface area contributed by atoms with Crippen molar-refractivity contribution in [1.29, 1.82) is 0 Å². The van der Waals surface area contributed by atoms with Crippen LogP contribution in [0.25, 0.3) is 10.2 Å². The van der Waals surface area contributed by atoms with E-state index in [1.54, 1.807) is 11.3 Å². The topological polar surface area (TPSA) is 37.6 Å². The van der Waals surface area contributed by atoms with E-state index in [0.717, 1.165) is 26.1 Å². The fraction of sp³-hybridized carbons (Fsp3) is 0.263. The average Bonchev–Trinajstić information content (AvgIpc) is 2.91. The average molecular weight is 339 g/mol. The molecule has 0 aliphatic carbocycles. The van der Waals surface area contributed by atoms with Gasteiger partial charge in [-0.05, 0) is 33.2 Å². The van der Waals surface area contributed by atoms with Crippen LogP contribution < -0.4 is 4.80 Å². The van der Waals surface area contributed by atoms with Gasteiger partial charge in [0, 0.05) is 5.56 Å². The Morgan fingerprint density at radius 3 is 2.54 bits per heavy atom. The van der Waals surface area contributed by atoms with Crippen LogP contribution in [0.3, 0.4) is 0 Å². The highest BCUT2D eigenvalue weighted by Gasteiger charge is 2.11. The van der Waals surface area contributed by atoms with Gasteiger partial charge >= 0.3 is 0 Å². The van der Waals surface area contributed by atoms with E-state index in [9.17, 15) is 4.79 Å². The van der Waals surface area contributed by atoms with Crippen molar-refractivity contribution in [3.05, 3.63) is 64.5 Å². The predicted octanol–water partition coefficient (Wildman–Crippen LogP) is 3.31. The molecule has 0 unspecified atom stereocenters. The second-order valence-electron chi connectivity index (χ2n) is 6.11. The number of nitrogens with zero attached hydrogens (tertiary/aromatic N) is 3. The molecule has 0 bridgehead atoms. The van der Waals surface area contributed by atoms with E-state index in [0.29, 0.717) is 13.2 Å². The fourth-order valence-electron chi connectivity index (χ4n) is 2.47. The van der Waals surface area contributed by atoms with Gasteiger partial charge in [-0.1, -0.05) is 53.3 Å². The molecule has 0 saturated heterocycles. The number of ketones is 1. The van der Waals surface area contributed by atoms with Gasteiger partial charge in [0.15, 0.2) is 10.6 Å². The fourth-order valence-corrected chi connectivity index (χ4v) is 3.49. The van der Waals surface area contributed by atoms with E-state index in [-0.39, 0.29) is 5.78 Å². The molecule has 0 atom stereocenters. The number of hydrogen-bond acceptors (Lipinski definition) is 4. The molecule has 2 aromatic carbocycles. The third kappa shape index (κ3) is 3.63. The number of carbonyl (C=O) groups excluding carboxylic acids is 1. The van der Waals surface area contributed by atoms with E-state index in [1.807, 2.05) is 73.0 Å². The van der Waals surface area contributed by atoms with Crippen LogP contribution in [0.2, 0.25) is 0 Å². The zero-order valence-electron chi connectivity index (χ0n) is 14.2. The molecule has 0 N–H and O–H groups in total. The van der Waals surface area contributed by atoms with E-state index < -0.39 is 0 Å². The summed E-state index contributed by atoms with van der Waals surface area (Å²) in [4.78, 5) is 20.2. The molecule has 0 aliphatic heterocycles. The van der Waals surface area contributed by atoms with Crippen LogP contribution in [-0.2, 0) is 6.54 Å². The molecule has 1 heterocycles. The Bertz CT molecular complexity index is 920. The van der Waals surface area contributed by atoms with Crippen LogP contribution in [0.15, 0.2) is 53.5 Å². The summed E-state index contributed by atoms with van der Waals surface area (Å²) >= 11 is 1.62. The molecule has 4 nitrogen and oxygen atoms in total. The standard InChI is InChI=1S/C19H21N3OS/c1-14-8-10-15(11-9-14)17(23)12-22-16-6-4-5-7-18(16)24-19(22)20-13-21(2)3/h4-11H,12-13H2,1-3H3. The van der Waals surface area contributed by atoms with Crippen LogP contribution in [0.1, 0.15) is 15.9 Å². The van der Waals surface area contributed by atoms with E-state index in [2.05, 4.69) is 11.1 Å². The Labute approximate surface area is 145 Å². The van der Waals surface area contributed by atoms with Gasteiger partial charge in [-0.2, -0.15) is 0 Å². The van der Waals surface area contributed by atoms with Crippen molar-refractivity contribution in [2.75, 3.05) is 20.8 Å². The molecule has 124 valence electrons. The van der Waals surface area contributed by atoms with Crippen LogP contribution in [0.4, 0.5) is 0 Å². The molecular formula is C19H21N3OS. The van der Waals surface area contributed by atoms with Gasteiger partial charge in [-0.15, -0.1) is 0 Å². The quantitative estimate of drug-likeness (QED) is 0.669. The molecule has 0 aliphatic rings. The van der Waals surface area contributed by atoms with Crippen molar-refractivity contribution in [3.8, 4) is 0 Å². The molecule has 3 aromatic rings. The highest BCUT2D eigenvalue weighted by molar-refractivity contribution is 7.16. The van der Waals surface area contributed by atoms with Crippen molar-refractivity contribution < 1.29 is 4.79 Å². The van der Waals surface area contributed by atoms with Crippen molar-refractivity contribution in [1.82, 2.24) is 9.47 Å². The predicted molar refractivity (Wildman–Crippen MR) is 99.4 cm³/mol. The van der Waals surface area contributed by atoms with Crippen LogP contribution in [0.5, 0.6) is 0 Å². The molecular weight excluding hydrogens is 318 g/mol. The summed E-state index contributed by atoms with van der Waals surface area (Å²) < 4.78 is 3.16. The number of aromatic nitrogens is 1. The van der Waals surface area contributed by atoms with E-state index in [1.165, 1.54) is 0 Å². The lowest BCUT2D eigenvalue weighted by atomic mass is 10.1. The lowest BCUT2D eigenvalue weighted by Crippen LogP contribution is -2.23. The summed E-state index contributed by atoms with van der Waals surface area (Å²) in [6.07, 6.45) is 0. The number of fused-ring (bicyclic) bond motifs is 1. The molecule has 1 aromatic heterocycles. The molecule has 5 heteroatoms. The van der Waals surface area contributed by atoms with Gasteiger partial charge in [-0.3, -0.25) is 9.69 Å². The summed E-state index contributed by atoms with van der Waals surface area (Å²) in [6.45, 7) is 2.93. The third-order valence-corrected chi connectivity index (χ3v) is 4.85. The molecule has 0 saturated carbocycles. The Morgan fingerprint density at radius 2 is 1.83 bits per heavy atom. The minimum absolute atomic E-state index is 0.102. The summed E-state index contributed by atoms with van der Waals surface area (Å²) in [5, 5.41) is 0. The van der Waals surface area contributed by atoms with E-state index in [4.69, 9.17) is 0 Å². The number of Topliss-reactive ketones (excluding diaryl/α,β-unsaturated/α-hetero) is 1. The monoisotopic (exact) mass is 339 g/mol. The third-order valence-electron chi connectivity index (χ3n) is 3.75. The maximum absolute atomic E-state index is 12.7. The molecule has 3 rings (SSSR count). The molecule has 24 heavy (non-hydrogen) atoms. The Hall–Kier alpha value is -2.24. The maximum atomic E-state index is 12.7. The number of aryl methyl sites for hydroxylation is 1. The minimum Gasteiger partial charge on any atom is -0.309 e. The van der Waals surface area contributed by atoms with Gasteiger partial charge < -0.3 is 4.57 Å². The summed E-state index contributed by atoms with van der Waals surface area (Å²) in [6, 6.07) is 15.9. The van der Waals surface area contributed by atoms with Crippen LogP contribution >= 0.6 is 11.3 Å². The van der Waals surface area contributed by atoms with E-state index >= 15 is 0 Å². The zero-order chi connectivity index (χ0) is 17.1. The maximum Gasteiger partial charge on any atom is 0.187 e. The SMILES string of the molecule is Cc1ccc(C(=O)Cn2c(=NCN(C)C)sc3ccccc32)cc1. The smallest absolute Gasteiger partial charge is 0.187 e. The Kier molecular flexibility index (Phi) is 4.92. The van der Waals surface area contributed by atoms with Gasteiger partial charge in [0.1, 0.15) is 0 Å². The summed E-state index contributed by atoms with van der Waals surface area (Å²) in [7, 11) is 3.97. The number of benzene rings is 2. The molecule has 0 amide bonds. The van der Waals surface area contributed by atoms with Gasteiger partial charge in [-0.25, -0.2) is 4.99 Å². The summed E-state index contributed by atoms with van der Waals surface area (Å²) in [5.41, 5.74) is 2.95. The highest BCUT2D eigenvalue weighted by atomic mass is 32.1. The second-order valence-corrected chi connectivity index (χ2v) is 7.12. The number of para-hydroxylation sites is 1. The van der Waals surface area contributed by atoms with Gasteiger partial charge in [0.25, 0.3) is 0 Å². The molecule has 0 radical (unpaired) electrons. The lowest BCUT2D eigenvalue weighted by Gasteiger charge is -2.07. The summed E-state index contributed by atoms with van der Waals surface area (Å²) in [5.74, 6) is 0.102. The minimum atomic E-state index is 0.102. The first-order valence-electron chi connectivity index (χ1n) is 7.88. The van der Waals surface area contributed by atoms with Crippen molar-refractivity contribution in [3.63, 3.8) is 0 Å². The number of thiazole rings is 1. The van der Waals surface area contributed by atoms with Crippen LogP contribution in [0, 0.1) is 6.92 Å². The first kappa shape index (κ1) is 16.6. The second kappa shape index (κ2) is 7.11. The number of hydrogen-bond donors (Lipinski definition) is 0. The lowest BCUT2D eigenvalue weighted by molar-refractivity contribution is 0.0972. The first-order chi connectivity index (χ1) is 11.5. The Balaban J connectivity index is 2.00. The van der Waals surface area contributed by atoms with Gasteiger partial charge in [0.05, 0.1) is 23.4 Å². The van der Waals surface area contributed by atoms with Crippen molar-refractivity contribution >= 4 is 27.3 Å².